The first kappa shape index (κ1) is 14.7. The van der Waals surface area contributed by atoms with Crippen LogP contribution in [0.4, 0.5) is 11.4 Å². The Morgan fingerprint density at radius 1 is 1.05 bits per heavy atom. The zero-order valence-corrected chi connectivity index (χ0v) is 13.0. The summed E-state index contributed by atoms with van der Waals surface area (Å²) in [5.41, 5.74) is 4.92. The lowest BCUT2D eigenvalue weighted by atomic mass is 10.1. The average Bonchev–Trinajstić information content (AvgIpc) is 2.45. The van der Waals surface area contributed by atoms with E-state index in [1.54, 1.807) is 0 Å². The number of hydrogen-bond donors (Lipinski definition) is 1. The van der Waals surface area contributed by atoms with Crippen LogP contribution in [0.1, 0.15) is 18.1 Å². The lowest BCUT2D eigenvalue weighted by molar-refractivity contribution is 1.04. The van der Waals surface area contributed by atoms with Crippen molar-refractivity contribution in [1.82, 2.24) is 0 Å². The minimum atomic E-state index is 0.752. The number of nitrogens with zero attached hydrogens (tertiary/aromatic N) is 1. The SMILES string of the molecule is CCc1ccccc1CNc1cc(Cl)ccc1N(C)C. The molecule has 0 unspecified atom stereocenters. The predicted molar refractivity (Wildman–Crippen MR) is 88.9 cm³/mol. The van der Waals surface area contributed by atoms with E-state index in [1.807, 2.05) is 32.3 Å². The van der Waals surface area contributed by atoms with Crippen LogP contribution in [0.5, 0.6) is 0 Å². The molecule has 0 atom stereocenters. The number of hydrogen-bond acceptors (Lipinski definition) is 2. The van der Waals surface area contributed by atoms with Crippen molar-refractivity contribution in [2.24, 2.45) is 0 Å². The Bertz CT molecular complexity index is 579. The Morgan fingerprint density at radius 2 is 1.75 bits per heavy atom. The Hall–Kier alpha value is -1.67. The topological polar surface area (TPSA) is 15.3 Å². The first-order chi connectivity index (χ1) is 9.61. The fourth-order valence-electron chi connectivity index (χ4n) is 2.31. The Morgan fingerprint density at radius 3 is 2.40 bits per heavy atom. The van der Waals surface area contributed by atoms with E-state index in [9.17, 15) is 0 Å². The molecule has 0 aromatic heterocycles. The maximum Gasteiger partial charge on any atom is 0.0597 e. The second kappa shape index (κ2) is 6.67. The summed E-state index contributed by atoms with van der Waals surface area (Å²) in [5, 5.41) is 4.25. The molecule has 3 heteroatoms. The van der Waals surface area contributed by atoms with Gasteiger partial charge in [-0.2, -0.15) is 0 Å². The molecule has 0 bridgehead atoms. The van der Waals surface area contributed by atoms with Gasteiger partial charge in [0.2, 0.25) is 0 Å². The summed E-state index contributed by atoms with van der Waals surface area (Å²) < 4.78 is 0. The van der Waals surface area contributed by atoms with Gasteiger partial charge in [-0.25, -0.2) is 0 Å². The average molecular weight is 289 g/mol. The van der Waals surface area contributed by atoms with Crippen LogP contribution in [0.2, 0.25) is 5.02 Å². The number of nitrogens with one attached hydrogen (secondary N) is 1. The van der Waals surface area contributed by atoms with E-state index in [2.05, 4.69) is 41.4 Å². The number of rotatable bonds is 5. The largest absolute Gasteiger partial charge is 0.379 e. The minimum absolute atomic E-state index is 0.752. The molecule has 2 aromatic rings. The molecule has 2 aromatic carbocycles. The van der Waals surface area contributed by atoms with Crippen molar-refractivity contribution in [3.63, 3.8) is 0 Å². The molecule has 0 fully saturated rings. The molecule has 2 nitrogen and oxygen atoms in total. The number of benzene rings is 2. The zero-order chi connectivity index (χ0) is 14.5. The molecule has 2 rings (SSSR count). The first-order valence-electron chi connectivity index (χ1n) is 6.89. The minimum Gasteiger partial charge on any atom is -0.379 e. The summed E-state index contributed by atoms with van der Waals surface area (Å²) in [6.45, 7) is 2.99. The zero-order valence-electron chi connectivity index (χ0n) is 12.3. The third kappa shape index (κ3) is 3.45. The molecule has 0 aliphatic carbocycles. The van der Waals surface area contributed by atoms with Crippen molar-refractivity contribution in [3.8, 4) is 0 Å². The van der Waals surface area contributed by atoms with Gasteiger partial charge < -0.3 is 10.2 Å². The van der Waals surface area contributed by atoms with Gasteiger partial charge in [0.15, 0.2) is 0 Å². The van der Waals surface area contributed by atoms with Gasteiger partial charge in [0.25, 0.3) is 0 Å². The van der Waals surface area contributed by atoms with Gasteiger partial charge in [-0.05, 0) is 35.7 Å². The third-order valence-electron chi connectivity index (χ3n) is 3.41. The number of aryl methyl sites for hydroxylation is 1. The van der Waals surface area contributed by atoms with E-state index in [0.717, 1.165) is 29.4 Å². The van der Waals surface area contributed by atoms with Crippen LogP contribution in [0.15, 0.2) is 42.5 Å². The van der Waals surface area contributed by atoms with Crippen LogP contribution in [0.3, 0.4) is 0 Å². The van der Waals surface area contributed by atoms with Crippen molar-refractivity contribution in [3.05, 3.63) is 58.6 Å². The van der Waals surface area contributed by atoms with E-state index in [1.165, 1.54) is 11.1 Å². The lowest BCUT2D eigenvalue weighted by Crippen LogP contribution is -2.12. The van der Waals surface area contributed by atoms with Crippen molar-refractivity contribution in [1.29, 1.82) is 0 Å². The van der Waals surface area contributed by atoms with Gasteiger partial charge in [-0.1, -0.05) is 42.8 Å². The molecule has 20 heavy (non-hydrogen) atoms. The number of anilines is 2. The van der Waals surface area contributed by atoms with Crippen LogP contribution < -0.4 is 10.2 Å². The normalized spacial score (nSPS) is 10.4. The Kier molecular flexibility index (Phi) is 4.91. The van der Waals surface area contributed by atoms with Gasteiger partial charge in [-0.15, -0.1) is 0 Å². The van der Waals surface area contributed by atoms with Gasteiger partial charge in [0.1, 0.15) is 0 Å². The van der Waals surface area contributed by atoms with Gasteiger partial charge in [-0.3, -0.25) is 0 Å². The van der Waals surface area contributed by atoms with Crippen LogP contribution in [-0.4, -0.2) is 14.1 Å². The van der Waals surface area contributed by atoms with Gasteiger partial charge in [0.05, 0.1) is 11.4 Å². The fourth-order valence-corrected chi connectivity index (χ4v) is 2.48. The highest BCUT2D eigenvalue weighted by Gasteiger charge is 2.06. The third-order valence-corrected chi connectivity index (χ3v) is 3.64. The molecule has 0 spiro atoms. The van der Waals surface area contributed by atoms with Gasteiger partial charge in [0, 0.05) is 25.7 Å². The fraction of sp³-hybridized carbons (Fsp3) is 0.294. The van der Waals surface area contributed by atoms with Crippen molar-refractivity contribution in [2.75, 3.05) is 24.3 Å². The monoisotopic (exact) mass is 288 g/mol. The quantitative estimate of drug-likeness (QED) is 0.866. The Labute approximate surface area is 126 Å². The molecule has 0 amide bonds. The highest BCUT2D eigenvalue weighted by atomic mass is 35.5. The molecule has 0 saturated heterocycles. The van der Waals surface area contributed by atoms with E-state index in [4.69, 9.17) is 11.6 Å². The summed E-state index contributed by atoms with van der Waals surface area (Å²) in [6.07, 6.45) is 1.05. The van der Waals surface area contributed by atoms with Crippen LogP contribution in [0, 0.1) is 0 Å². The second-order valence-electron chi connectivity index (χ2n) is 5.03. The molecule has 0 heterocycles. The highest BCUT2D eigenvalue weighted by Crippen LogP contribution is 2.28. The molecule has 0 aliphatic rings. The Balaban J connectivity index is 2.20. The van der Waals surface area contributed by atoms with Crippen molar-refractivity contribution in [2.45, 2.75) is 19.9 Å². The van der Waals surface area contributed by atoms with Crippen LogP contribution >= 0.6 is 11.6 Å². The first-order valence-corrected chi connectivity index (χ1v) is 7.27. The highest BCUT2D eigenvalue weighted by molar-refractivity contribution is 6.31. The summed E-state index contributed by atoms with van der Waals surface area (Å²) in [6, 6.07) is 14.5. The lowest BCUT2D eigenvalue weighted by Gasteiger charge is -2.19. The summed E-state index contributed by atoms with van der Waals surface area (Å²) in [7, 11) is 4.07. The molecular weight excluding hydrogens is 268 g/mol. The maximum atomic E-state index is 6.10. The molecular formula is C17H21ClN2. The summed E-state index contributed by atoms with van der Waals surface area (Å²) in [5.74, 6) is 0. The van der Waals surface area contributed by atoms with Crippen molar-refractivity contribution >= 4 is 23.0 Å². The van der Waals surface area contributed by atoms with Crippen molar-refractivity contribution < 1.29 is 0 Å². The summed E-state index contributed by atoms with van der Waals surface area (Å²) in [4.78, 5) is 2.09. The molecule has 0 saturated carbocycles. The van der Waals surface area contributed by atoms with E-state index in [-0.39, 0.29) is 0 Å². The molecule has 0 radical (unpaired) electrons. The van der Waals surface area contributed by atoms with E-state index < -0.39 is 0 Å². The molecule has 1 N–H and O–H groups in total. The second-order valence-corrected chi connectivity index (χ2v) is 5.47. The van der Waals surface area contributed by atoms with Gasteiger partial charge >= 0.3 is 0 Å². The number of halogens is 1. The predicted octanol–water partition coefficient (Wildman–Crippen LogP) is 4.58. The standard InChI is InChI=1S/C17H21ClN2/c1-4-13-7-5-6-8-14(13)12-19-16-11-15(18)9-10-17(16)20(2)3/h5-11,19H,4,12H2,1-3H3. The smallest absolute Gasteiger partial charge is 0.0597 e. The molecule has 106 valence electrons. The van der Waals surface area contributed by atoms with E-state index in [0.29, 0.717) is 0 Å². The maximum absolute atomic E-state index is 6.10. The molecule has 0 aliphatic heterocycles. The van der Waals surface area contributed by atoms with Crippen LogP contribution in [0.25, 0.3) is 0 Å². The van der Waals surface area contributed by atoms with E-state index >= 15 is 0 Å². The summed E-state index contributed by atoms with van der Waals surface area (Å²) >= 11 is 6.10. The van der Waals surface area contributed by atoms with Crippen LogP contribution in [-0.2, 0) is 13.0 Å².